The van der Waals surface area contributed by atoms with Crippen molar-refractivity contribution in [2.24, 2.45) is 10.7 Å². The summed E-state index contributed by atoms with van der Waals surface area (Å²) in [5.74, 6) is 1.11. The molecule has 12 heteroatoms. The van der Waals surface area contributed by atoms with Crippen LogP contribution in [0.25, 0.3) is 0 Å². The summed E-state index contributed by atoms with van der Waals surface area (Å²) in [5, 5.41) is 19.7. The summed E-state index contributed by atoms with van der Waals surface area (Å²) in [6, 6.07) is 11.6. The van der Waals surface area contributed by atoms with Crippen molar-refractivity contribution < 1.29 is 23.8 Å². The second-order valence-electron chi connectivity index (χ2n) is 9.39. The van der Waals surface area contributed by atoms with Gasteiger partial charge in [-0.05, 0) is 43.7 Å². The fraction of sp³-hybridized carbons (Fsp3) is 0.393. The Kier molecular flexibility index (Phi) is 9.92. The number of aliphatic hydroxyl groups is 1. The number of carbonyl (C=O) groups excluding carboxylic acids is 1. The van der Waals surface area contributed by atoms with E-state index in [0.29, 0.717) is 59.9 Å². The predicted octanol–water partition coefficient (Wildman–Crippen LogP) is 3.03. The van der Waals surface area contributed by atoms with E-state index >= 15 is 0 Å². The highest BCUT2D eigenvalue weighted by Crippen LogP contribution is 2.38. The first-order chi connectivity index (χ1) is 19.4. The highest BCUT2D eigenvalue weighted by molar-refractivity contribution is 6.16. The quantitative estimate of drug-likeness (QED) is 0.223. The number of nitrogens with two attached hydrogens (primary N) is 1. The first-order valence-electron chi connectivity index (χ1n) is 13.3. The zero-order valence-corrected chi connectivity index (χ0v) is 22.8. The molecule has 0 saturated carbocycles. The van der Waals surface area contributed by atoms with E-state index in [2.05, 4.69) is 27.3 Å². The lowest BCUT2D eigenvalue weighted by atomic mass is 10.1. The SMILES string of the molecule is CCCN(CCO)CCCOc1cc2c(cc1OC)C(=Nc1cc(CC(N)=O)[nH]n1)N(c1cccc(F)c1)CN2. The third kappa shape index (κ3) is 7.27. The highest BCUT2D eigenvalue weighted by atomic mass is 19.1. The second kappa shape index (κ2) is 13.8. The fourth-order valence-corrected chi connectivity index (χ4v) is 4.58. The third-order valence-corrected chi connectivity index (χ3v) is 6.38. The van der Waals surface area contributed by atoms with E-state index in [-0.39, 0.29) is 18.8 Å². The average Bonchev–Trinajstić information content (AvgIpc) is 3.37. The Hall–Kier alpha value is -4.16. The van der Waals surface area contributed by atoms with Crippen LogP contribution in [0, 0.1) is 5.82 Å². The number of hydrogen-bond donors (Lipinski definition) is 4. The second-order valence-corrected chi connectivity index (χ2v) is 9.39. The van der Waals surface area contributed by atoms with E-state index in [9.17, 15) is 14.3 Å². The minimum atomic E-state index is -0.486. The van der Waals surface area contributed by atoms with E-state index in [1.165, 1.54) is 12.1 Å². The number of H-pyrrole nitrogens is 1. The van der Waals surface area contributed by atoms with Gasteiger partial charge in [0.25, 0.3) is 0 Å². The first-order valence-corrected chi connectivity index (χ1v) is 13.3. The smallest absolute Gasteiger partial charge is 0.223 e. The van der Waals surface area contributed by atoms with Gasteiger partial charge in [0.05, 0.1) is 39.1 Å². The number of ether oxygens (including phenoxy) is 2. The Labute approximate surface area is 232 Å². The van der Waals surface area contributed by atoms with Gasteiger partial charge in [-0.25, -0.2) is 9.38 Å². The number of aromatic amines is 1. The number of nitrogens with one attached hydrogen (secondary N) is 2. The zero-order chi connectivity index (χ0) is 28.5. The van der Waals surface area contributed by atoms with E-state index in [0.717, 1.165) is 31.6 Å². The molecule has 5 N–H and O–H groups in total. The lowest BCUT2D eigenvalue weighted by Gasteiger charge is -2.33. The monoisotopic (exact) mass is 553 g/mol. The summed E-state index contributed by atoms with van der Waals surface area (Å²) in [6.07, 6.45) is 1.82. The Morgan fingerprint density at radius 1 is 1.23 bits per heavy atom. The minimum Gasteiger partial charge on any atom is -0.493 e. The lowest BCUT2D eigenvalue weighted by Crippen LogP contribution is -2.40. The summed E-state index contributed by atoms with van der Waals surface area (Å²) in [4.78, 5) is 20.2. The molecule has 0 bridgehead atoms. The van der Waals surface area contributed by atoms with Crippen molar-refractivity contribution in [1.82, 2.24) is 15.1 Å². The Balaban J connectivity index is 1.63. The number of carbonyl (C=O) groups is 1. The summed E-state index contributed by atoms with van der Waals surface area (Å²) in [7, 11) is 1.57. The molecule has 4 rings (SSSR count). The molecule has 2 heterocycles. The van der Waals surface area contributed by atoms with E-state index < -0.39 is 5.91 Å². The molecule has 3 aromatic rings. The van der Waals surface area contributed by atoms with Crippen LogP contribution in [0.1, 0.15) is 31.0 Å². The summed E-state index contributed by atoms with van der Waals surface area (Å²) < 4.78 is 25.9. The van der Waals surface area contributed by atoms with Crippen LogP contribution in [0.15, 0.2) is 47.5 Å². The van der Waals surface area contributed by atoms with Crippen molar-refractivity contribution in [2.45, 2.75) is 26.2 Å². The van der Waals surface area contributed by atoms with Gasteiger partial charge in [0.15, 0.2) is 17.3 Å². The number of hydrogen-bond acceptors (Lipinski definition) is 8. The van der Waals surface area contributed by atoms with Crippen molar-refractivity contribution >= 4 is 28.9 Å². The molecule has 1 aromatic heterocycles. The number of aliphatic imine (C=N–C) groups is 1. The number of aromatic nitrogens is 2. The maximum atomic E-state index is 14.2. The topological polar surface area (TPSA) is 141 Å². The van der Waals surface area contributed by atoms with Gasteiger partial charge in [-0.1, -0.05) is 13.0 Å². The van der Waals surface area contributed by atoms with Crippen LogP contribution >= 0.6 is 0 Å². The molecule has 214 valence electrons. The van der Waals surface area contributed by atoms with Crippen molar-refractivity contribution in [3.8, 4) is 11.5 Å². The third-order valence-electron chi connectivity index (χ3n) is 6.38. The number of rotatable bonds is 14. The molecule has 0 radical (unpaired) electrons. The van der Waals surface area contributed by atoms with Gasteiger partial charge in [0.2, 0.25) is 5.91 Å². The number of amides is 1. The Bertz CT molecular complexity index is 1320. The van der Waals surface area contributed by atoms with Crippen LogP contribution in [-0.2, 0) is 11.2 Å². The van der Waals surface area contributed by atoms with Crippen LogP contribution < -0.4 is 25.4 Å². The molecular weight excluding hydrogens is 517 g/mol. The molecule has 0 fully saturated rings. The fourth-order valence-electron chi connectivity index (χ4n) is 4.58. The number of benzene rings is 2. The van der Waals surface area contributed by atoms with Crippen LogP contribution in [-0.4, -0.2) is 78.6 Å². The van der Waals surface area contributed by atoms with Gasteiger partial charge in [-0.2, -0.15) is 5.10 Å². The molecule has 40 heavy (non-hydrogen) atoms. The standard InChI is InChI=1S/C28H36FN7O4/c1-3-8-35(10-11-37)9-5-12-40-25-17-23-22(16-24(25)39-2)28(32-27-15-20(33-34-27)14-26(30)38)36(18-31-23)21-7-4-6-19(29)13-21/h4,6-7,13,15-17,31,37H,3,5,8-12,14,18H2,1-2H3,(H2,30,38)(H,33,34). The molecule has 0 atom stereocenters. The summed E-state index contributed by atoms with van der Waals surface area (Å²) in [5.41, 5.74) is 7.92. The molecule has 11 nitrogen and oxygen atoms in total. The number of halogens is 1. The van der Waals surface area contributed by atoms with E-state index in [1.54, 1.807) is 25.3 Å². The Morgan fingerprint density at radius 2 is 2.08 bits per heavy atom. The van der Waals surface area contributed by atoms with Crippen molar-refractivity contribution in [3.05, 3.63) is 59.5 Å². The van der Waals surface area contributed by atoms with Gasteiger partial charge in [0, 0.05) is 42.2 Å². The molecule has 0 unspecified atom stereocenters. The van der Waals surface area contributed by atoms with Crippen LogP contribution in [0.5, 0.6) is 11.5 Å². The summed E-state index contributed by atoms with van der Waals surface area (Å²) in [6.45, 7) is 5.43. The van der Waals surface area contributed by atoms with Crippen molar-refractivity contribution in [2.75, 3.05) is 56.8 Å². The number of amidine groups is 1. The largest absolute Gasteiger partial charge is 0.493 e. The van der Waals surface area contributed by atoms with Gasteiger partial charge >= 0.3 is 0 Å². The maximum Gasteiger partial charge on any atom is 0.223 e. The summed E-state index contributed by atoms with van der Waals surface area (Å²) >= 11 is 0. The van der Waals surface area contributed by atoms with E-state index in [1.807, 2.05) is 17.0 Å². The van der Waals surface area contributed by atoms with Gasteiger partial charge in [-0.15, -0.1) is 0 Å². The van der Waals surface area contributed by atoms with Crippen molar-refractivity contribution in [3.63, 3.8) is 0 Å². The van der Waals surface area contributed by atoms with Gasteiger partial charge < -0.3 is 35.4 Å². The molecule has 0 spiro atoms. The molecule has 2 aromatic carbocycles. The zero-order valence-electron chi connectivity index (χ0n) is 22.8. The molecule has 1 amide bonds. The normalized spacial score (nSPS) is 13.8. The van der Waals surface area contributed by atoms with Gasteiger partial charge in [0.1, 0.15) is 11.7 Å². The first kappa shape index (κ1) is 28.8. The molecule has 1 aliphatic heterocycles. The number of anilines is 2. The number of aliphatic hydroxyl groups excluding tert-OH is 1. The predicted molar refractivity (Wildman–Crippen MR) is 152 cm³/mol. The maximum absolute atomic E-state index is 14.2. The number of nitrogens with zero attached hydrogens (tertiary/aromatic N) is 4. The molecular formula is C28H36FN7O4. The van der Waals surface area contributed by atoms with Crippen LogP contribution in [0.2, 0.25) is 0 Å². The highest BCUT2D eigenvalue weighted by Gasteiger charge is 2.27. The number of fused-ring (bicyclic) bond motifs is 1. The van der Waals surface area contributed by atoms with E-state index in [4.69, 9.17) is 20.2 Å². The lowest BCUT2D eigenvalue weighted by molar-refractivity contribution is -0.117. The average molecular weight is 554 g/mol. The number of methoxy groups -OCH3 is 1. The van der Waals surface area contributed by atoms with Crippen molar-refractivity contribution in [1.29, 1.82) is 0 Å². The molecule has 0 aliphatic carbocycles. The van der Waals surface area contributed by atoms with Gasteiger partial charge in [-0.3, -0.25) is 9.89 Å². The van der Waals surface area contributed by atoms with Crippen LogP contribution in [0.3, 0.4) is 0 Å². The molecule has 0 saturated heterocycles. The minimum absolute atomic E-state index is 0.00827. The number of primary amides is 1. The molecule has 1 aliphatic rings. The Morgan fingerprint density at radius 3 is 2.80 bits per heavy atom. The van der Waals surface area contributed by atoms with Crippen LogP contribution in [0.4, 0.5) is 21.6 Å².